The van der Waals surface area contributed by atoms with Crippen LogP contribution in [-0.4, -0.2) is 23.5 Å². The molecule has 1 N–H and O–H groups in total. The molecular formula is C15H15N2O5-. The third kappa shape index (κ3) is 2.18. The molecule has 0 saturated carbocycles. The summed E-state index contributed by atoms with van der Waals surface area (Å²) < 4.78 is 5.40. The molecule has 1 aromatic carbocycles. The molecule has 0 radical (unpaired) electrons. The Morgan fingerprint density at radius 3 is 2.91 bits per heavy atom. The maximum atomic E-state index is 11.4. The van der Waals surface area contributed by atoms with E-state index in [-0.39, 0.29) is 23.2 Å². The summed E-state index contributed by atoms with van der Waals surface area (Å²) >= 11 is 0. The molecule has 116 valence electrons. The van der Waals surface area contributed by atoms with E-state index in [1.165, 1.54) is 6.07 Å². The average molecular weight is 303 g/mol. The third-order valence-electron chi connectivity index (χ3n) is 4.18. The molecule has 1 aromatic rings. The van der Waals surface area contributed by atoms with E-state index in [4.69, 9.17) is 4.74 Å². The summed E-state index contributed by atoms with van der Waals surface area (Å²) in [7, 11) is 0. The molecule has 0 aromatic heterocycles. The molecule has 1 heterocycles. The summed E-state index contributed by atoms with van der Waals surface area (Å²) in [4.78, 5) is 22.2. The van der Waals surface area contributed by atoms with E-state index in [1.54, 1.807) is 13.0 Å². The molecule has 0 unspecified atom stereocenters. The zero-order chi connectivity index (χ0) is 15.9. The molecular weight excluding hydrogens is 288 g/mol. The molecule has 1 aliphatic carbocycles. The number of carbonyl (C=O) groups is 1. The van der Waals surface area contributed by atoms with Crippen LogP contribution in [0.3, 0.4) is 0 Å². The van der Waals surface area contributed by atoms with Gasteiger partial charge in [-0.1, -0.05) is 12.2 Å². The number of fused-ring (bicyclic) bond motifs is 3. The smallest absolute Gasteiger partial charge is 0.296 e. The van der Waals surface area contributed by atoms with Gasteiger partial charge in [0.15, 0.2) is 0 Å². The number of anilines is 1. The number of hydrogen-bond donors (Lipinski definition) is 1. The van der Waals surface area contributed by atoms with E-state index in [0.29, 0.717) is 24.3 Å². The average Bonchev–Trinajstić information content (AvgIpc) is 2.95. The number of nitrogens with one attached hydrogen (secondary N) is 1. The van der Waals surface area contributed by atoms with Crippen LogP contribution in [0.1, 0.15) is 24.8 Å². The van der Waals surface area contributed by atoms with Gasteiger partial charge in [-0.25, -0.2) is 0 Å². The highest BCUT2D eigenvalue weighted by Crippen LogP contribution is 2.49. The normalized spacial score (nSPS) is 25.0. The van der Waals surface area contributed by atoms with Gasteiger partial charge in [-0.05, 0) is 30.9 Å². The molecule has 7 heteroatoms. The molecule has 0 saturated heterocycles. The highest BCUT2D eigenvalue weighted by molar-refractivity contribution is 5.82. The minimum absolute atomic E-state index is 0.175. The summed E-state index contributed by atoms with van der Waals surface area (Å²) in [5, 5.41) is 25.5. The first-order valence-corrected chi connectivity index (χ1v) is 7.12. The number of nitro groups is 1. The number of carbonyl (C=O) groups excluding carboxylic acids is 1. The second kappa shape index (κ2) is 5.32. The number of nitro benzene ring substituents is 1. The van der Waals surface area contributed by atoms with E-state index in [2.05, 4.69) is 5.32 Å². The first-order chi connectivity index (χ1) is 10.5. The highest BCUT2D eigenvalue weighted by Gasteiger charge is 2.41. The van der Waals surface area contributed by atoms with E-state index in [0.717, 1.165) is 0 Å². The Morgan fingerprint density at radius 1 is 1.50 bits per heavy atom. The van der Waals surface area contributed by atoms with E-state index in [1.807, 2.05) is 12.2 Å². The Bertz CT molecular complexity index is 670. The SMILES string of the molecule is CCOc1cc2c(c([N+](=O)[O-])c1)N[C@H](C(=O)[O-])[C@H]1CC=C[C@H]21. The lowest BCUT2D eigenvalue weighted by Crippen LogP contribution is -2.49. The highest BCUT2D eigenvalue weighted by atomic mass is 16.6. The lowest BCUT2D eigenvalue weighted by Gasteiger charge is -2.37. The van der Waals surface area contributed by atoms with Gasteiger partial charge in [-0.2, -0.15) is 0 Å². The molecule has 1 aliphatic heterocycles. The van der Waals surface area contributed by atoms with E-state index < -0.39 is 16.9 Å². The van der Waals surface area contributed by atoms with Crippen LogP contribution in [0.25, 0.3) is 0 Å². The number of carboxylic acids is 1. The predicted octanol–water partition coefficient (Wildman–Crippen LogP) is 1.20. The topological polar surface area (TPSA) is 105 Å². The fourth-order valence-corrected chi connectivity index (χ4v) is 3.28. The van der Waals surface area contributed by atoms with Crippen LogP contribution in [0.2, 0.25) is 0 Å². The Morgan fingerprint density at radius 2 is 2.27 bits per heavy atom. The summed E-state index contributed by atoms with van der Waals surface area (Å²) in [6.07, 6.45) is 4.41. The van der Waals surface area contributed by atoms with Crippen LogP contribution in [0.15, 0.2) is 24.3 Å². The quantitative estimate of drug-likeness (QED) is 0.509. The Hall–Kier alpha value is -2.57. The monoisotopic (exact) mass is 303 g/mol. The second-order valence-corrected chi connectivity index (χ2v) is 5.39. The molecule has 0 fully saturated rings. The Labute approximate surface area is 126 Å². The number of hydrogen-bond acceptors (Lipinski definition) is 6. The maximum Gasteiger partial charge on any atom is 0.296 e. The summed E-state index contributed by atoms with van der Waals surface area (Å²) in [6.45, 7) is 2.20. The van der Waals surface area contributed by atoms with Gasteiger partial charge in [0.25, 0.3) is 5.69 Å². The number of carboxylic acid groups (broad SMARTS) is 1. The molecule has 0 amide bonds. The van der Waals surface area contributed by atoms with Gasteiger partial charge in [0, 0.05) is 5.92 Å². The molecule has 2 aliphatic rings. The van der Waals surface area contributed by atoms with Crippen molar-refractivity contribution in [3.05, 3.63) is 40.0 Å². The van der Waals surface area contributed by atoms with E-state index in [9.17, 15) is 20.0 Å². The van der Waals surface area contributed by atoms with Crippen molar-refractivity contribution in [2.45, 2.75) is 25.3 Å². The van der Waals surface area contributed by atoms with Gasteiger partial charge in [-0.3, -0.25) is 10.1 Å². The fourth-order valence-electron chi connectivity index (χ4n) is 3.28. The first kappa shape index (κ1) is 14.4. The second-order valence-electron chi connectivity index (χ2n) is 5.39. The van der Waals surface area contributed by atoms with Crippen LogP contribution < -0.4 is 15.2 Å². The molecule has 22 heavy (non-hydrogen) atoms. The summed E-state index contributed by atoms with van der Waals surface area (Å²) in [5.41, 5.74) is 0.773. The number of benzene rings is 1. The number of nitrogens with zero attached hydrogens (tertiary/aromatic N) is 1. The van der Waals surface area contributed by atoms with Crippen LogP contribution in [-0.2, 0) is 4.79 Å². The van der Waals surface area contributed by atoms with Crippen LogP contribution in [0, 0.1) is 16.0 Å². The molecule has 0 bridgehead atoms. The standard InChI is InChI=1S/C15H16N2O5/c1-2-22-8-6-11-9-4-3-5-10(9)14(15(18)19)16-13(11)12(7-8)17(20)21/h3-4,6-7,9-10,14,16H,2,5H2,1H3,(H,18,19)/p-1/t9-,10-,14-/m0/s1. The molecule has 7 nitrogen and oxygen atoms in total. The van der Waals surface area contributed by atoms with Crippen molar-refractivity contribution in [1.29, 1.82) is 0 Å². The zero-order valence-electron chi connectivity index (χ0n) is 11.9. The van der Waals surface area contributed by atoms with Crippen molar-refractivity contribution in [3.8, 4) is 5.75 Å². The minimum Gasteiger partial charge on any atom is -0.548 e. The molecule has 3 rings (SSSR count). The number of rotatable bonds is 4. The lowest BCUT2D eigenvalue weighted by atomic mass is 9.79. The Balaban J connectivity index is 2.16. The van der Waals surface area contributed by atoms with Gasteiger partial charge < -0.3 is 20.0 Å². The number of allylic oxidation sites excluding steroid dienone is 2. The van der Waals surface area contributed by atoms with Crippen molar-refractivity contribution >= 4 is 17.3 Å². The summed E-state index contributed by atoms with van der Waals surface area (Å²) in [5.74, 6) is -1.21. The third-order valence-corrected chi connectivity index (χ3v) is 4.18. The van der Waals surface area contributed by atoms with Gasteiger partial charge in [-0.15, -0.1) is 0 Å². The maximum absolute atomic E-state index is 11.4. The Kier molecular flexibility index (Phi) is 3.48. The lowest BCUT2D eigenvalue weighted by molar-refractivity contribution is -0.384. The van der Waals surface area contributed by atoms with Crippen molar-refractivity contribution < 1.29 is 19.6 Å². The number of ether oxygens (including phenoxy) is 1. The van der Waals surface area contributed by atoms with Crippen LogP contribution in [0.5, 0.6) is 5.75 Å². The van der Waals surface area contributed by atoms with Gasteiger partial charge in [0.05, 0.1) is 29.6 Å². The van der Waals surface area contributed by atoms with Gasteiger partial charge >= 0.3 is 0 Å². The van der Waals surface area contributed by atoms with E-state index >= 15 is 0 Å². The summed E-state index contributed by atoms with van der Waals surface area (Å²) in [6, 6.07) is 2.13. The number of aliphatic carboxylic acids is 1. The fraction of sp³-hybridized carbons (Fsp3) is 0.400. The van der Waals surface area contributed by atoms with Crippen LogP contribution >= 0.6 is 0 Å². The molecule has 0 spiro atoms. The van der Waals surface area contributed by atoms with Crippen molar-refractivity contribution in [2.24, 2.45) is 5.92 Å². The molecule has 3 atom stereocenters. The largest absolute Gasteiger partial charge is 0.548 e. The van der Waals surface area contributed by atoms with Crippen molar-refractivity contribution in [3.63, 3.8) is 0 Å². The zero-order valence-corrected chi connectivity index (χ0v) is 11.9. The van der Waals surface area contributed by atoms with Crippen LogP contribution in [0.4, 0.5) is 11.4 Å². The van der Waals surface area contributed by atoms with Gasteiger partial charge in [0.2, 0.25) is 0 Å². The van der Waals surface area contributed by atoms with Crippen molar-refractivity contribution in [1.82, 2.24) is 0 Å². The first-order valence-electron chi connectivity index (χ1n) is 7.12. The minimum atomic E-state index is -1.24. The van der Waals surface area contributed by atoms with Gasteiger partial charge in [0.1, 0.15) is 11.4 Å². The predicted molar refractivity (Wildman–Crippen MR) is 76.7 cm³/mol. The van der Waals surface area contributed by atoms with Crippen molar-refractivity contribution in [2.75, 3.05) is 11.9 Å².